The molecule has 6 atom stereocenters. The fourth-order valence-electron chi connectivity index (χ4n) is 10.0. The van der Waals surface area contributed by atoms with Gasteiger partial charge in [-0.15, -0.1) is 0 Å². The van der Waals surface area contributed by atoms with Crippen LogP contribution < -0.4 is 16.2 Å². The van der Waals surface area contributed by atoms with Gasteiger partial charge in [-0.3, -0.25) is 4.79 Å². The molecule has 0 aromatic heterocycles. The number of nitrogens with two attached hydrogens (primary N) is 2. The van der Waals surface area contributed by atoms with Crippen molar-refractivity contribution in [1.82, 2.24) is 0 Å². The minimum absolute atomic E-state index is 0.00696. The third kappa shape index (κ3) is 9.21. The summed E-state index contributed by atoms with van der Waals surface area (Å²) in [5.74, 6) is 9.39. The number of hydrogen-bond donors (Lipinski definition) is 4. The van der Waals surface area contributed by atoms with E-state index in [1.807, 2.05) is 6.07 Å². The second-order valence-electron chi connectivity index (χ2n) is 16.3. The van der Waals surface area contributed by atoms with Gasteiger partial charge in [0.15, 0.2) is 23.2 Å². The standard InChI is InChI=1S/C43H61N3O5/c1-27-14-17-30-22-32-23-33(46-43(44)45)10-7-13-36-31(18-19-34(48)21-29(25-47)16-15-28-8-3-4-9-28)24-39(51-35-11-5-6-12-35)42(49)41(36)40(37(30)20-27)38(32)26-50-2/h21-22,24,27-28,32-33,35,37-38,40,47,49H,3-6,8-12,14-20,23,25-26H2,1-2H3,(H4,44,45,46)/t27-,32+,33+,37-,38-,40+/m1/s1. The zero-order valence-corrected chi connectivity index (χ0v) is 31.0. The highest BCUT2D eigenvalue weighted by Crippen LogP contribution is 2.56. The first-order chi connectivity index (χ1) is 24.7. The number of benzene rings is 1. The molecular weight excluding hydrogens is 638 g/mol. The number of guanidine groups is 1. The normalized spacial score (nSPS) is 28.2. The largest absolute Gasteiger partial charge is 0.504 e. The molecule has 0 saturated heterocycles. The zero-order valence-electron chi connectivity index (χ0n) is 31.0. The Balaban J connectivity index is 1.43. The summed E-state index contributed by atoms with van der Waals surface area (Å²) in [6.07, 6.45) is 20.5. The maximum atomic E-state index is 13.5. The summed E-state index contributed by atoms with van der Waals surface area (Å²) in [7, 11) is 1.76. The van der Waals surface area contributed by atoms with Crippen LogP contribution in [0.4, 0.5) is 0 Å². The van der Waals surface area contributed by atoms with Crippen LogP contribution in [0.2, 0.25) is 0 Å². The lowest BCUT2D eigenvalue weighted by molar-refractivity contribution is -0.114. The van der Waals surface area contributed by atoms with Crippen molar-refractivity contribution in [2.45, 2.75) is 134 Å². The van der Waals surface area contributed by atoms with Crippen molar-refractivity contribution in [2.24, 2.45) is 46.0 Å². The molecule has 3 fully saturated rings. The smallest absolute Gasteiger partial charge is 0.186 e. The van der Waals surface area contributed by atoms with Crippen LogP contribution in [-0.4, -0.2) is 54.4 Å². The van der Waals surface area contributed by atoms with Crippen LogP contribution >= 0.6 is 0 Å². The molecule has 0 unspecified atom stereocenters. The molecule has 5 aliphatic rings. The van der Waals surface area contributed by atoms with Crippen molar-refractivity contribution in [3.8, 4) is 23.3 Å². The van der Waals surface area contributed by atoms with E-state index in [4.69, 9.17) is 20.9 Å². The van der Waals surface area contributed by atoms with Crippen LogP contribution in [0.1, 0.15) is 132 Å². The molecule has 8 nitrogen and oxygen atoms in total. The number of phenols is 1. The number of ether oxygens (including phenoxy) is 2. The number of aryl methyl sites for hydroxylation is 1. The van der Waals surface area contributed by atoms with E-state index in [0.717, 1.165) is 86.5 Å². The Kier molecular flexibility index (Phi) is 12.9. The Morgan fingerprint density at radius 2 is 1.84 bits per heavy atom. The van der Waals surface area contributed by atoms with Crippen LogP contribution in [-0.2, 0) is 16.0 Å². The maximum Gasteiger partial charge on any atom is 0.186 e. The number of rotatable bonds is 13. The number of hydrogen-bond acceptors (Lipinski definition) is 6. The van der Waals surface area contributed by atoms with Crippen LogP contribution in [0.3, 0.4) is 0 Å². The summed E-state index contributed by atoms with van der Waals surface area (Å²) >= 11 is 0. The molecule has 3 saturated carbocycles. The fourth-order valence-corrected chi connectivity index (χ4v) is 10.0. The first-order valence-electron chi connectivity index (χ1n) is 19.9. The number of carbonyl (C=O) groups is 1. The van der Waals surface area contributed by atoms with E-state index in [0.29, 0.717) is 37.0 Å². The summed E-state index contributed by atoms with van der Waals surface area (Å²) < 4.78 is 12.6. The van der Waals surface area contributed by atoms with Gasteiger partial charge < -0.3 is 31.2 Å². The van der Waals surface area contributed by atoms with E-state index in [2.05, 4.69) is 29.8 Å². The van der Waals surface area contributed by atoms with E-state index in [1.54, 1.807) is 13.2 Å². The molecule has 5 aliphatic carbocycles. The number of aromatic hydroxyl groups is 1. The number of aliphatic hydroxyl groups is 1. The number of carbonyl (C=O) groups excluding carboxylic acids is 1. The van der Waals surface area contributed by atoms with Gasteiger partial charge in [-0.05, 0) is 123 Å². The van der Waals surface area contributed by atoms with Crippen molar-refractivity contribution in [3.63, 3.8) is 0 Å². The molecule has 0 spiro atoms. The monoisotopic (exact) mass is 699 g/mol. The molecule has 1 aromatic carbocycles. The molecule has 0 radical (unpaired) electrons. The number of aliphatic imine (C=N–C) groups is 1. The summed E-state index contributed by atoms with van der Waals surface area (Å²) in [4.78, 5) is 18.1. The summed E-state index contributed by atoms with van der Waals surface area (Å²) in [6.45, 7) is 2.78. The van der Waals surface area contributed by atoms with Gasteiger partial charge in [0, 0.05) is 37.0 Å². The van der Waals surface area contributed by atoms with Gasteiger partial charge in [0.25, 0.3) is 0 Å². The molecule has 0 aliphatic heterocycles. The molecule has 6 rings (SSSR count). The Bertz CT molecular complexity index is 1540. The van der Waals surface area contributed by atoms with Crippen molar-refractivity contribution in [3.05, 3.63) is 46.1 Å². The maximum absolute atomic E-state index is 13.5. The van der Waals surface area contributed by atoms with Gasteiger partial charge in [0.1, 0.15) is 0 Å². The van der Waals surface area contributed by atoms with Crippen molar-refractivity contribution in [2.75, 3.05) is 20.3 Å². The molecule has 1 aromatic rings. The van der Waals surface area contributed by atoms with Gasteiger partial charge >= 0.3 is 0 Å². The Hall–Kier alpha value is -3.28. The molecule has 2 bridgehead atoms. The van der Waals surface area contributed by atoms with E-state index in [9.17, 15) is 15.0 Å². The van der Waals surface area contributed by atoms with E-state index >= 15 is 0 Å². The second-order valence-corrected chi connectivity index (χ2v) is 16.3. The van der Waals surface area contributed by atoms with Gasteiger partial charge in [-0.1, -0.05) is 56.1 Å². The first-order valence-corrected chi connectivity index (χ1v) is 19.9. The SMILES string of the molecule is COC[C@H]1[C@H]2c3c(O)c(OC4CCCC4)cc(CCC(=O)C=C(CO)CCC4CCCC4)c3C#CC[C@H](N=C(N)N)C[C@@H]1C=C1CC[C@@H](C)C[C@H]12. The van der Waals surface area contributed by atoms with Gasteiger partial charge in [0.2, 0.25) is 0 Å². The fraction of sp³-hybridized carbons (Fsp3) is 0.674. The number of methoxy groups -OCH3 is 1. The van der Waals surface area contributed by atoms with Gasteiger partial charge in [-0.2, -0.15) is 0 Å². The highest BCUT2D eigenvalue weighted by molar-refractivity contribution is 5.90. The Labute approximate surface area is 305 Å². The molecule has 0 heterocycles. The molecule has 51 heavy (non-hydrogen) atoms. The van der Waals surface area contributed by atoms with Crippen molar-refractivity contribution < 1.29 is 24.5 Å². The van der Waals surface area contributed by atoms with E-state index in [1.165, 1.54) is 31.3 Å². The quantitative estimate of drug-likeness (QED) is 0.0560. The molecular formula is C43H61N3O5. The number of aliphatic hydroxyl groups excluding tert-OH is 1. The minimum atomic E-state index is -0.167. The predicted molar refractivity (Wildman–Crippen MR) is 203 cm³/mol. The van der Waals surface area contributed by atoms with Crippen LogP contribution in [0, 0.1) is 41.4 Å². The third-order valence-corrected chi connectivity index (χ3v) is 12.6. The lowest BCUT2D eigenvalue weighted by atomic mass is 9.58. The lowest BCUT2D eigenvalue weighted by Crippen LogP contribution is -2.39. The number of fused-ring (bicyclic) bond motifs is 6. The van der Waals surface area contributed by atoms with E-state index in [-0.39, 0.29) is 66.3 Å². The highest BCUT2D eigenvalue weighted by Gasteiger charge is 2.46. The molecule has 0 amide bonds. The number of ketones is 1. The van der Waals surface area contributed by atoms with Crippen LogP contribution in [0.15, 0.2) is 34.4 Å². The van der Waals surface area contributed by atoms with Crippen LogP contribution in [0.5, 0.6) is 11.5 Å². The Morgan fingerprint density at radius 3 is 2.57 bits per heavy atom. The topological polar surface area (TPSA) is 140 Å². The van der Waals surface area contributed by atoms with Crippen LogP contribution in [0.25, 0.3) is 0 Å². The number of allylic oxidation sites excluding steroid dienone is 3. The molecule has 8 heteroatoms. The van der Waals surface area contributed by atoms with Crippen molar-refractivity contribution in [1.29, 1.82) is 0 Å². The zero-order chi connectivity index (χ0) is 35.9. The summed E-state index contributed by atoms with van der Waals surface area (Å²) in [6, 6.07) is 1.79. The van der Waals surface area contributed by atoms with Crippen molar-refractivity contribution >= 4 is 11.7 Å². The average Bonchev–Trinajstić information content (AvgIpc) is 3.82. The molecule has 6 N–H and O–H groups in total. The summed E-state index contributed by atoms with van der Waals surface area (Å²) in [5, 5.41) is 22.5. The Morgan fingerprint density at radius 1 is 1.08 bits per heavy atom. The van der Waals surface area contributed by atoms with Gasteiger partial charge in [0.05, 0.1) is 25.4 Å². The third-order valence-electron chi connectivity index (χ3n) is 12.6. The average molecular weight is 700 g/mol. The first kappa shape index (κ1) is 37.5. The second kappa shape index (κ2) is 17.5. The minimum Gasteiger partial charge on any atom is -0.504 e. The molecule has 278 valence electrons. The summed E-state index contributed by atoms with van der Waals surface area (Å²) in [5.41, 5.74) is 16.7. The predicted octanol–water partition coefficient (Wildman–Crippen LogP) is 7.23. The lowest BCUT2D eigenvalue weighted by Gasteiger charge is -2.47. The number of nitrogens with zero attached hydrogens (tertiary/aromatic N) is 1. The number of phenolic OH excluding ortho intramolecular Hbond substituents is 1. The van der Waals surface area contributed by atoms with E-state index < -0.39 is 0 Å². The highest BCUT2D eigenvalue weighted by atomic mass is 16.5. The van der Waals surface area contributed by atoms with Gasteiger partial charge in [-0.25, -0.2) is 4.99 Å².